The number of nitrogens with one attached hydrogen (secondary N) is 2. The predicted octanol–water partition coefficient (Wildman–Crippen LogP) is 3.15. The number of hydrazone groups is 1. The lowest BCUT2D eigenvalue weighted by molar-refractivity contribution is -0.120. The van der Waals surface area contributed by atoms with Crippen LogP contribution in [0.5, 0.6) is 11.5 Å². The maximum absolute atomic E-state index is 12.1. The number of carbonyl (C=O) groups excluding carboxylic acids is 2. The fourth-order valence-corrected chi connectivity index (χ4v) is 2.65. The molecule has 0 heterocycles. The first-order valence-corrected chi connectivity index (χ1v) is 9.65. The molecule has 3 rings (SSSR count). The second kappa shape index (κ2) is 11.2. The lowest BCUT2D eigenvalue weighted by Crippen LogP contribution is -2.34. The fourth-order valence-electron chi connectivity index (χ4n) is 2.65. The molecule has 0 saturated heterocycles. The quantitative estimate of drug-likeness (QED) is 0.413. The first-order chi connectivity index (χ1) is 15.1. The van der Waals surface area contributed by atoms with Crippen molar-refractivity contribution in [3.05, 3.63) is 95.6 Å². The third kappa shape index (κ3) is 7.01. The highest BCUT2D eigenvalue weighted by Crippen LogP contribution is 2.14. The van der Waals surface area contributed by atoms with Crippen molar-refractivity contribution in [1.29, 1.82) is 0 Å². The average molecular weight is 417 g/mol. The van der Waals surface area contributed by atoms with Crippen LogP contribution in [0.25, 0.3) is 0 Å². The Hall–Kier alpha value is -4.13. The number of amides is 2. The van der Waals surface area contributed by atoms with Crippen LogP contribution in [-0.2, 0) is 11.4 Å². The van der Waals surface area contributed by atoms with E-state index in [1.54, 1.807) is 31.4 Å². The predicted molar refractivity (Wildman–Crippen MR) is 118 cm³/mol. The highest BCUT2D eigenvalue weighted by molar-refractivity contribution is 5.96. The Bertz CT molecular complexity index is 1030. The molecule has 0 aliphatic carbocycles. The van der Waals surface area contributed by atoms with Crippen LogP contribution in [0.2, 0.25) is 0 Å². The topological polar surface area (TPSA) is 89.0 Å². The summed E-state index contributed by atoms with van der Waals surface area (Å²) in [6.07, 6.45) is 1.51. The van der Waals surface area contributed by atoms with Gasteiger partial charge >= 0.3 is 0 Å². The number of hydrogen-bond acceptors (Lipinski definition) is 5. The lowest BCUT2D eigenvalue weighted by atomic mass is 10.2. The van der Waals surface area contributed by atoms with Crippen molar-refractivity contribution >= 4 is 18.0 Å². The first kappa shape index (κ1) is 21.6. The monoisotopic (exact) mass is 417 g/mol. The van der Waals surface area contributed by atoms with E-state index in [-0.39, 0.29) is 12.5 Å². The van der Waals surface area contributed by atoms with Crippen molar-refractivity contribution in [2.75, 3.05) is 13.7 Å². The molecular formula is C24H23N3O4. The Balaban J connectivity index is 1.44. The van der Waals surface area contributed by atoms with Gasteiger partial charge in [-0.15, -0.1) is 0 Å². The summed E-state index contributed by atoms with van der Waals surface area (Å²) >= 11 is 0. The molecular weight excluding hydrogens is 394 g/mol. The number of carbonyl (C=O) groups is 2. The van der Waals surface area contributed by atoms with Crippen molar-refractivity contribution in [2.24, 2.45) is 5.10 Å². The molecule has 0 atom stereocenters. The minimum absolute atomic E-state index is 0.192. The number of rotatable bonds is 9. The first-order valence-electron chi connectivity index (χ1n) is 9.65. The van der Waals surface area contributed by atoms with Crippen molar-refractivity contribution in [3.8, 4) is 11.5 Å². The fraction of sp³-hybridized carbons (Fsp3) is 0.125. The van der Waals surface area contributed by atoms with Crippen LogP contribution in [0.15, 0.2) is 84.0 Å². The summed E-state index contributed by atoms with van der Waals surface area (Å²) in [5.74, 6) is 0.559. The smallest absolute Gasteiger partial charge is 0.259 e. The van der Waals surface area contributed by atoms with Crippen LogP contribution < -0.4 is 20.2 Å². The molecule has 0 bridgehead atoms. The van der Waals surface area contributed by atoms with Gasteiger partial charge in [-0.3, -0.25) is 9.59 Å². The van der Waals surface area contributed by atoms with Gasteiger partial charge in [-0.05, 0) is 47.5 Å². The van der Waals surface area contributed by atoms with E-state index in [0.29, 0.717) is 23.7 Å². The summed E-state index contributed by atoms with van der Waals surface area (Å²) in [5, 5.41) is 6.47. The van der Waals surface area contributed by atoms with E-state index < -0.39 is 5.91 Å². The van der Waals surface area contributed by atoms with E-state index in [9.17, 15) is 9.59 Å². The molecule has 2 N–H and O–H groups in total. The molecule has 31 heavy (non-hydrogen) atoms. The molecule has 0 aliphatic rings. The van der Waals surface area contributed by atoms with Crippen molar-refractivity contribution in [2.45, 2.75) is 6.61 Å². The Morgan fingerprint density at radius 1 is 0.935 bits per heavy atom. The summed E-state index contributed by atoms with van der Waals surface area (Å²) in [4.78, 5) is 24.0. The number of nitrogens with zero attached hydrogens (tertiary/aromatic N) is 1. The zero-order valence-corrected chi connectivity index (χ0v) is 17.1. The highest BCUT2D eigenvalue weighted by Gasteiger charge is 2.07. The van der Waals surface area contributed by atoms with Crippen molar-refractivity contribution in [3.63, 3.8) is 0 Å². The van der Waals surface area contributed by atoms with E-state index in [4.69, 9.17) is 9.47 Å². The summed E-state index contributed by atoms with van der Waals surface area (Å²) in [6, 6.07) is 23.8. The van der Waals surface area contributed by atoms with Crippen LogP contribution in [0.3, 0.4) is 0 Å². The second-order valence-corrected chi connectivity index (χ2v) is 6.55. The molecule has 0 spiro atoms. The van der Waals surface area contributed by atoms with Crippen molar-refractivity contribution < 1.29 is 19.1 Å². The van der Waals surface area contributed by atoms with Gasteiger partial charge in [0.25, 0.3) is 11.8 Å². The minimum atomic E-state index is -0.436. The SMILES string of the molecule is COc1ccc(C(=O)NCC(=O)N/N=C\c2cccc(OCc3ccccc3)c2)cc1. The molecule has 0 aliphatic heterocycles. The van der Waals surface area contributed by atoms with Gasteiger partial charge in [-0.25, -0.2) is 5.43 Å². The summed E-state index contributed by atoms with van der Waals surface area (Å²) < 4.78 is 10.8. The molecule has 7 nitrogen and oxygen atoms in total. The molecule has 0 saturated carbocycles. The van der Waals surface area contributed by atoms with Crippen LogP contribution in [0, 0.1) is 0 Å². The maximum atomic E-state index is 12.1. The Morgan fingerprint density at radius 2 is 1.71 bits per heavy atom. The molecule has 3 aromatic carbocycles. The number of hydrogen-bond donors (Lipinski definition) is 2. The van der Waals surface area contributed by atoms with E-state index in [1.807, 2.05) is 54.6 Å². The number of methoxy groups -OCH3 is 1. The Labute approximate surface area is 180 Å². The summed E-state index contributed by atoms with van der Waals surface area (Å²) in [6.45, 7) is 0.272. The van der Waals surface area contributed by atoms with Gasteiger partial charge < -0.3 is 14.8 Å². The van der Waals surface area contributed by atoms with Gasteiger partial charge in [0.1, 0.15) is 18.1 Å². The van der Waals surface area contributed by atoms with Crippen LogP contribution in [0.1, 0.15) is 21.5 Å². The zero-order chi connectivity index (χ0) is 21.9. The average Bonchev–Trinajstić information content (AvgIpc) is 2.82. The molecule has 0 aromatic heterocycles. The molecule has 2 amide bonds. The van der Waals surface area contributed by atoms with Crippen LogP contribution >= 0.6 is 0 Å². The lowest BCUT2D eigenvalue weighted by Gasteiger charge is -2.07. The molecule has 158 valence electrons. The van der Waals surface area contributed by atoms with Gasteiger partial charge in [0.15, 0.2) is 0 Å². The Morgan fingerprint density at radius 3 is 2.45 bits per heavy atom. The van der Waals surface area contributed by atoms with E-state index >= 15 is 0 Å². The van der Waals surface area contributed by atoms with Gasteiger partial charge in [0, 0.05) is 5.56 Å². The van der Waals surface area contributed by atoms with E-state index in [0.717, 1.165) is 11.1 Å². The number of benzene rings is 3. The third-order valence-electron chi connectivity index (χ3n) is 4.27. The Kier molecular flexibility index (Phi) is 7.77. The standard InChI is InChI=1S/C24H23N3O4/c1-30-21-12-10-20(11-13-21)24(29)25-16-23(28)27-26-15-19-8-5-9-22(14-19)31-17-18-6-3-2-4-7-18/h2-15H,16-17H2,1H3,(H,25,29)(H,27,28)/b26-15-. The summed E-state index contributed by atoms with van der Waals surface area (Å²) in [7, 11) is 1.55. The van der Waals surface area contributed by atoms with E-state index in [2.05, 4.69) is 15.8 Å². The molecule has 7 heteroatoms. The zero-order valence-electron chi connectivity index (χ0n) is 17.1. The maximum Gasteiger partial charge on any atom is 0.259 e. The van der Waals surface area contributed by atoms with Crippen LogP contribution in [-0.4, -0.2) is 31.7 Å². The summed E-state index contributed by atoms with van der Waals surface area (Å²) in [5.41, 5.74) is 4.67. The molecule has 0 unspecified atom stereocenters. The van der Waals surface area contributed by atoms with E-state index in [1.165, 1.54) is 6.21 Å². The molecule has 3 aromatic rings. The largest absolute Gasteiger partial charge is 0.497 e. The van der Waals surface area contributed by atoms with Gasteiger partial charge in [-0.2, -0.15) is 5.10 Å². The third-order valence-corrected chi connectivity index (χ3v) is 4.27. The second-order valence-electron chi connectivity index (χ2n) is 6.55. The number of ether oxygens (including phenoxy) is 2. The normalized spacial score (nSPS) is 10.5. The van der Waals surface area contributed by atoms with Gasteiger partial charge in [-0.1, -0.05) is 42.5 Å². The molecule has 0 fully saturated rings. The van der Waals surface area contributed by atoms with Gasteiger partial charge in [0.05, 0.1) is 19.9 Å². The minimum Gasteiger partial charge on any atom is -0.497 e. The van der Waals surface area contributed by atoms with Crippen LogP contribution in [0.4, 0.5) is 0 Å². The van der Waals surface area contributed by atoms with Crippen molar-refractivity contribution in [1.82, 2.24) is 10.7 Å². The molecule has 0 radical (unpaired) electrons. The van der Waals surface area contributed by atoms with Gasteiger partial charge in [0.2, 0.25) is 0 Å². The highest BCUT2D eigenvalue weighted by atomic mass is 16.5.